The smallest absolute Gasteiger partial charge is 0.274 e. The number of rotatable bonds is 6. The van der Waals surface area contributed by atoms with Crippen LogP contribution in [0.1, 0.15) is 28.7 Å². The quantitative estimate of drug-likeness (QED) is 0.873. The topological polar surface area (TPSA) is 61.5 Å². The maximum Gasteiger partial charge on any atom is 0.274 e. The molecule has 2 aromatic rings. The van der Waals surface area contributed by atoms with Crippen molar-refractivity contribution >= 4 is 5.91 Å². The first-order chi connectivity index (χ1) is 12.1. The SMILES string of the molecule is Cc1cc(C(=O)N(Cc2ccccc2)[C@@H](C)CN2CCOCC2)n[nH]1. The summed E-state index contributed by atoms with van der Waals surface area (Å²) in [6.07, 6.45) is 0. The van der Waals surface area contributed by atoms with Crippen LogP contribution in [0.15, 0.2) is 36.4 Å². The Labute approximate surface area is 148 Å². The van der Waals surface area contributed by atoms with Gasteiger partial charge in [0, 0.05) is 37.9 Å². The van der Waals surface area contributed by atoms with E-state index in [1.165, 1.54) is 0 Å². The summed E-state index contributed by atoms with van der Waals surface area (Å²) in [5.41, 5.74) is 2.49. The minimum absolute atomic E-state index is 0.0334. The van der Waals surface area contributed by atoms with Crippen LogP contribution >= 0.6 is 0 Å². The zero-order valence-corrected chi connectivity index (χ0v) is 14.9. The molecule has 1 saturated heterocycles. The molecular weight excluding hydrogens is 316 g/mol. The van der Waals surface area contributed by atoms with Crippen molar-refractivity contribution in [2.24, 2.45) is 0 Å². The number of hydrogen-bond acceptors (Lipinski definition) is 4. The molecule has 1 N–H and O–H groups in total. The molecule has 0 bridgehead atoms. The van der Waals surface area contributed by atoms with Crippen molar-refractivity contribution in [3.8, 4) is 0 Å². The van der Waals surface area contributed by atoms with Crippen LogP contribution in [0.25, 0.3) is 0 Å². The van der Waals surface area contributed by atoms with E-state index in [-0.39, 0.29) is 11.9 Å². The van der Waals surface area contributed by atoms with Gasteiger partial charge in [-0.2, -0.15) is 5.10 Å². The third-order valence-corrected chi connectivity index (χ3v) is 4.54. The summed E-state index contributed by atoms with van der Waals surface area (Å²) in [4.78, 5) is 17.3. The number of carbonyl (C=O) groups excluding carboxylic acids is 1. The van der Waals surface area contributed by atoms with Crippen LogP contribution in [0.4, 0.5) is 0 Å². The first kappa shape index (κ1) is 17.6. The lowest BCUT2D eigenvalue weighted by Gasteiger charge is -2.35. The molecule has 6 nitrogen and oxygen atoms in total. The Morgan fingerprint density at radius 2 is 2.04 bits per heavy atom. The van der Waals surface area contributed by atoms with Gasteiger partial charge in [-0.05, 0) is 25.5 Å². The van der Waals surface area contributed by atoms with Gasteiger partial charge in [0.15, 0.2) is 0 Å². The van der Waals surface area contributed by atoms with E-state index in [0.29, 0.717) is 12.2 Å². The summed E-state index contributed by atoms with van der Waals surface area (Å²) in [5.74, 6) is -0.0334. The van der Waals surface area contributed by atoms with E-state index in [4.69, 9.17) is 4.74 Å². The Kier molecular flexibility index (Phi) is 5.83. The highest BCUT2D eigenvalue weighted by Gasteiger charge is 2.25. The molecule has 134 valence electrons. The highest BCUT2D eigenvalue weighted by Crippen LogP contribution is 2.14. The van der Waals surface area contributed by atoms with E-state index >= 15 is 0 Å². The zero-order chi connectivity index (χ0) is 17.6. The standard InChI is InChI=1S/C19H26N4O2/c1-15-12-18(21-20-15)19(24)23(14-17-6-4-3-5-7-17)16(2)13-22-8-10-25-11-9-22/h3-7,12,16H,8-11,13-14H2,1-2H3,(H,20,21)/t16-/m0/s1. The fraction of sp³-hybridized carbons (Fsp3) is 0.474. The molecule has 1 aliphatic rings. The van der Waals surface area contributed by atoms with E-state index in [1.807, 2.05) is 36.1 Å². The predicted molar refractivity (Wildman–Crippen MR) is 96.4 cm³/mol. The minimum Gasteiger partial charge on any atom is -0.379 e. The van der Waals surface area contributed by atoms with Gasteiger partial charge < -0.3 is 9.64 Å². The van der Waals surface area contributed by atoms with Gasteiger partial charge in [-0.15, -0.1) is 0 Å². The zero-order valence-electron chi connectivity index (χ0n) is 14.9. The van der Waals surface area contributed by atoms with Gasteiger partial charge in [0.05, 0.1) is 13.2 Å². The number of nitrogens with one attached hydrogen (secondary N) is 1. The molecule has 0 aliphatic carbocycles. The van der Waals surface area contributed by atoms with Crippen LogP contribution in [0, 0.1) is 6.92 Å². The van der Waals surface area contributed by atoms with Gasteiger partial charge in [0.1, 0.15) is 5.69 Å². The summed E-state index contributed by atoms with van der Waals surface area (Å²) in [6.45, 7) is 8.79. The molecule has 1 aromatic carbocycles. The van der Waals surface area contributed by atoms with Crippen LogP contribution < -0.4 is 0 Å². The number of nitrogens with zero attached hydrogens (tertiary/aromatic N) is 3. The van der Waals surface area contributed by atoms with Gasteiger partial charge in [-0.3, -0.25) is 14.8 Å². The molecule has 1 aliphatic heterocycles. The van der Waals surface area contributed by atoms with Gasteiger partial charge in [0.25, 0.3) is 5.91 Å². The molecule has 1 amide bonds. The molecule has 0 radical (unpaired) electrons. The summed E-state index contributed by atoms with van der Waals surface area (Å²) in [6, 6.07) is 12.0. The van der Waals surface area contributed by atoms with E-state index in [0.717, 1.165) is 44.1 Å². The van der Waals surface area contributed by atoms with Crippen molar-refractivity contribution < 1.29 is 9.53 Å². The van der Waals surface area contributed by atoms with Crippen molar-refractivity contribution in [3.63, 3.8) is 0 Å². The minimum atomic E-state index is -0.0334. The number of carbonyl (C=O) groups is 1. The number of aryl methyl sites for hydroxylation is 1. The fourth-order valence-corrected chi connectivity index (χ4v) is 3.14. The lowest BCUT2D eigenvalue weighted by molar-refractivity contribution is 0.0227. The highest BCUT2D eigenvalue weighted by molar-refractivity contribution is 5.92. The fourth-order valence-electron chi connectivity index (χ4n) is 3.14. The second-order valence-corrected chi connectivity index (χ2v) is 6.62. The van der Waals surface area contributed by atoms with E-state index in [2.05, 4.69) is 34.2 Å². The second kappa shape index (κ2) is 8.27. The van der Waals surface area contributed by atoms with Crippen LogP contribution in [-0.2, 0) is 11.3 Å². The Hall–Kier alpha value is -2.18. The first-order valence-corrected chi connectivity index (χ1v) is 8.80. The Morgan fingerprint density at radius 3 is 2.68 bits per heavy atom. The molecule has 1 atom stereocenters. The Morgan fingerprint density at radius 1 is 1.32 bits per heavy atom. The van der Waals surface area contributed by atoms with Gasteiger partial charge in [-0.25, -0.2) is 0 Å². The number of aromatic nitrogens is 2. The molecule has 25 heavy (non-hydrogen) atoms. The van der Waals surface area contributed by atoms with E-state index in [9.17, 15) is 4.79 Å². The number of ether oxygens (including phenoxy) is 1. The monoisotopic (exact) mass is 342 g/mol. The number of amides is 1. The molecule has 6 heteroatoms. The average molecular weight is 342 g/mol. The van der Waals surface area contributed by atoms with Crippen molar-refractivity contribution in [2.45, 2.75) is 26.4 Å². The molecule has 0 saturated carbocycles. The van der Waals surface area contributed by atoms with Crippen molar-refractivity contribution in [1.29, 1.82) is 0 Å². The lowest BCUT2D eigenvalue weighted by atomic mass is 10.1. The van der Waals surface area contributed by atoms with Gasteiger partial charge in [-0.1, -0.05) is 30.3 Å². The average Bonchev–Trinajstić information content (AvgIpc) is 3.07. The first-order valence-electron chi connectivity index (χ1n) is 8.80. The normalized spacial score (nSPS) is 16.6. The van der Waals surface area contributed by atoms with Crippen molar-refractivity contribution in [2.75, 3.05) is 32.8 Å². The summed E-state index contributed by atoms with van der Waals surface area (Å²) < 4.78 is 5.42. The number of hydrogen-bond donors (Lipinski definition) is 1. The van der Waals surface area contributed by atoms with E-state index < -0.39 is 0 Å². The van der Waals surface area contributed by atoms with Crippen LogP contribution in [0.3, 0.4) is 0 Å². The summed E-state index contributed by atoms with van der Waals surface area (Å²) in [5, 5.41) is 7.02. The Balaban J connectivity index is 1.76. The molecule has 0 unspecified atom stereocenters. The van der Waals surface area contributed by atoms with Crippen LogP contribution in [-0.4, -0.2) is 64.8 Å². The summed E-state index contributed by atoms with van der Waals surface area (Å²) >= 11 is 0. The highest BCUT2D eigenvalue weighted by atomic mass is 16.5. The molecule has 1 aromatic heterocycles. The third kappa shape index (κ3) is 4.67. The second-order valence-electron chi connectivity index (χ2n) is 6.62. The van der Waals surface area contributed by atoms with Crippen LogP contribution in [0.2, 0.25) is 0 Å². The lowest BCUT2D eigenvalue weighted by Crippen LogP contribution is -2.48. The van der Waals surface area contributed by atoms with Gasteiger partial charge in [0.2, 0.25) is 0 Å². The Bertz CT molecular complexity index is 680. The number of morpholine rings is 1. The summed E-state index contributed by atoms with van der Waals surface area (Å²) in [7, 11) is 0. The van der Waals surface area contributed by atoms with Crippen molar-refractivity contribution in [3.05, 3.63) is 53.3 Å². The molecular formula is C19H26N4O2. The van der Waals surface area contributed by atoms with Crippen LogP contribution in [0.5, 0.6) is 0 Å². The maximum absolute atomic E-state index is 13.0. The maximum atomic E-state index is 13.0. The molecule has 1 fully saturated rings. The number of benzene rings is 1. The number of H-pyrrole nitrogens is 1. The van der Waals surface area contributed by atoms with Crippen molar-refractivity contribution in [1.82, 2.24) is 20.0 Å². The largest absolute Gasteiger partial charge is 0.379 e. The molecule has 3 rings (SSSR count). The van der Waals surface area contributed by atoms with E-state index in [1.54, 1.807) is 0 Å². The predicted octanol–water partition coefficient (Wildman–Crippen LogP) is 2.08. The third-order valence-electron chi connectivity index (χ3n) is 4.54. The molecule has 0 spiro atoms. The van der Waals surface area contributed by atoms with Gasteiger partial charge >= 0.3 is 0 Å². The number of aromatic amines is 1. The molecule has 2 heterocycles.